The summed E-state index contributed by atoms with van der Waals surface area (Å²) >= 11 is 19.5. The van der Waals surface area contributed by atoms with Gasteiger partial charge in [-0.2, -0.15) is 0 Å². The van der Waals surface area contributed by atoms with E-state index in [-0.39, 0.29) is 11.4 Å². The molecule has 3 aromatic rings. The van der Waals surface area contributed by atoms with Crippen LogP contribution >= 0.6 is 73.5 Å². The van der Waals surface area contributed by atoms with Crippen molar-refractivity contribution in [2.24, 2.45) is 0 Å². The Morgan fingerprint density at radius 1 is 1.18 bits per heavy atom. The van der Waals surface area contributed by atoms with E-state index in [0.29, 0.717) is 27.3 Å². The van der Waals surface area contributed by atoms with Crippen molar-refractivity contribution in [3.05, 3.63) is 94.3 Å². The number of amides is 1. The van der Waals surface area contributed by atoms with Gasteiger partial charge in [0.15, 0.2) is 5.50 Å². The highest BCUT2D eigenvalue weighted by molar-refractivity contribution is 14.1. The molecule has 9 heteroatoms. The Bertz CT molecular complexity index is 1230. The van der Waals surface area contributed by atoms with Gasteiger partial charge in [0.1, 0.15) is 12.4 Å². The van der Waals surface area contributed by atoms with Crippen molar-refractivity contribution in [1.82, 2.24) is 5.32 Å². The third-order valence-corrected chi connectivity index (χ3v) is 8.10. The zero-order valence-corrected chi connectivity index (χ0v) is 24.1. The van der Waals surface area contributed by atoms with E-state index in [4.69, 9.17) is 27.9 Å². The van der Waals surface area contributed by atoms with Gasteiger partial charge in [0.25, 0.3) is 5.91 Å². The Balaban J connectivity index is 1.44. The number of aryl methyl sites for hydroxylation is 1. The first kappa shape index (κ1) is 25.7. The first-order valence-electron chi connectivity index (χ1n) is 10.4. The molecule has 1 saturated heterocycles. The van der Waals surface area contributed by atoms with Crippen LogP contribution < -0.4 is 15.4 Å². The van der Waals surface area contributed by atoms with Crippen LogP contribution in [-0.2, 0) is 17.8 Å². The van der Waals surface area contributed by atoms with Gasteiger partial charge in [0.05, 0.1) is 12.9 Å². The van der Waals surface area contributed by atoms with Gasteiger partial charge in [-0.1, -0.05) is 60.1 Å². The van der Waals surface area contributed by atoms with Gasteiger partial charge < -0.3 is 15.4 Å². The summed E-state index contributed by atoms with van der Waals surface area (Å²) in [6, 6.07) is 17.5. The molecule has 1 fully saturated rings. The van der Waals surface area contributed by atoms with E-state index in [1.54, 1.807) is 12.1 Å². The van der Waals surface area contributed by atoms with Crippen LogP contribution in [0.3, 0.4) is 0 Å². The van der Waals surface area contributed by atoms with Gasteiger partial charge in [0, 0.05) is 21.3 Å². The summed E-state index contributed by atoms with van der Waals surface area (Å²) in [6.45, 7) is 2.44. The molecule has 3 aromatic carbocycles. The predicted molar refractivity (Wildman–Crippen MR) is 155 cm³/mol. The van der Waals surface area contributed by atoms with E-state index in [2.05, 4.69) is 68.2 Å². The van der Waals surface area contributed by atoms with Crippen LogP contribution in [0.25, 0.3) is 6.08 Å². The number of halogens is 4. The lowest BCUT2D eigenvalue weighted by Crippen LogP contribution is -2.30. The highest BCUT2D eigenvalue weighted by Gasteiger charge is 2.27. The number of ether oxygens (including phenoxy) is 1. The maximum absolute atomic E-state index is 12.5. The van der Waals surface area contributed by atoms with Gasteiger partial charge in [-0.3, -0.25) is 4.79 Å². The normalized spacial score (nSPS) is 16.6. The summed E-state index contributed by atoms with van der Waals surface area (Å²) < 4.78 is 7.73. The van der Waals surface area contributed by atoms with E-state index in [0.717, 1.165) is 31.3 Å². The number of carbonyl (C=O) groups is 1. The Labute approximate surface area is 235 Å². The second-order valence-corrected chi connectivity index (χ2v) is 11.5. The molecule has 4 rings (SSSR count). The van der Waals surface area contributed by atoms with E-state index in [9.17, 15) is 4.79 Å². The average molecular weight is 690 g/mol. The maximum Gasteiger partial charge on any atom is 0.260 e. The lowest BCUT2D eigenvalue weighted by molar-refractivity contribution is -0.116. The monoisotopic (exact) mass is 688 g/mol. The van der Waals surface area contributed by atoms with Crippen molar-refractivity contribution in [3.63, 3.8) is 0 Å². The molecule has 1 amide bonds. The van der Waals surface area contributed by atoms with Crippen LogP contribution in [0.15, 0.2) is 64.0 Å². The molecule has 0 aliphatic carbocycles. The van der Waals surface area contributed by atoms with Crippen molar-refractivity contribution in [2.45, 2.75) is 25.4 Å². The van der Waals surface area contributed by atoms with Gasteiger partial charge >= 0.3 is 0 Å². The second-order valence-electron chi connectivity index (χ2n) is 7.51. The fourth-order valence-electron chi connectivity index (χ4n) is 3.29. The fraction of sp³-hybridized carbons (Fsp3) is 0.160. The standard InChI is InChI=1S/C25H20BrCl2IN2O2S/c1-2-14-3-7-18(8-4-14)30-25-31-24(32)22(34-25)11-15-9-19(26)23(21(29)10-15)33-13-16-5-6-17(27)12-20(16)28/h3-12,25,30H,2,13H2,1H3,(H,31,32)/b22-11-/t25-/m0/s1. The van der Waals surface area contributed by atoms with E-state index < -0.39 is 0 Å². The van der Waals surface area contributed by atoms with Gasteiger partial charge in [-0.05, 0) is 98.5 Å². The third-order valence-electron chi connectivity index (χ3n) is 5.10. The largest absolute Gasteiger partial charge is 0.487 e. The first-order valence-corrected chi connectivity index (χ1v) is 13.9. The van der Waals surface area contributed by atoms with E-state index >= 15 is 0 Å². The molecular formula is C25H20BrCl2IN2O2S. The minimum atomic E-state index is -0.222. The molecule has 1 atom stereocenters. The molecule has 0 radical (unpaired) electrons. The Morgan fingerprint density at radius 3 is 2.62 bits per heavy atom. The molecule has 0 spiro atoms. The SMILES string of the molecule is CCc1ccc(N[C@H]2NC(=O)/C(=C/c3cc(Br)c(OCc4ccc(Cl)cc4Cl)c(I)c3)S2)cc1. The summed E-state index contributed by atoms with van der Waals surface area (Å²) in [5.41, 5.74) is 3.77. The van der Waals surface area contributed by atoms with Crippen LogP contribution in [0.2, 0.25) is 10.0 Å². The summed E-state index contributed by atoms with van der Waals surface area (Å²) in [6.07, 6.45) is 2.88. The number of hydrogen-bond donors (Lipinski definition) is 2. The number of nitrogens with one attached hydrogen (secondary N) is 2. The summed E-state index contributed by atoms with van der Waals surface area (Å²) in [4.78, 5) is 13.2. The number of anilines is 1. The zero-order valence-electron chi connectivity index (χ0n) is 18.0. The molecular weight excluding hydrogens is 670 g/mol. The van der Waals surface area contributed by atoms with Gasteiger partial charge in [-0.25, -0.2) is 0 Å². The summed E-state index contributed by atoms with van der Waals surface area (Å²) in [5.74, 6) is 0.615. The second kappa shape index (κ2) is 11.6. The minimum Gasteiger partial charge on any atom is -0.487 e. The number of hydrogen-bond acceptors (Lipinski definition) is 4. The summed E-state index contributed by atoms with van der Waals surface area (Å²) in [5, 5.41) is 7.47. The van der Waals surface area contributed by atoms with Crippen molar-refractivity contribution in [3.8, 4) is 5.75 Å². The Kier molecular flexibility index (Phi) is 8.74. The molecule has 34 heavy (non-hydrogen) atoms. The fourth-order valence-corrected chi connectivity index (χ4v) is 6.51. The topological polar surface area (TPSA) is 50.4 Å². The van der Waals surface area contributed by atoms with E-state index in [1.807, 2.05) is 36.4 Å². The predicted octanol–water partition coefficient (Wildman–Crippen LogP) is 8.10. The molecule has 4 nitrogen and oxygen atoms in total. The average Bonchev–Trinajstić information content (AvgIpc) is 3.13. The molecule has 1 aliphatic rings. The van der Waals surface area contributed by atoms with Crippen LogP contribution in [0, 0.1) is 3.57 Å². The third kappa shape index (κ3) is 6.43. The van der Waals surface area contributed by atoms with Crippen LogP contribution in [0.4, 0.5) is 5.69 Å². The van der Waals surface area contributed by atoms with Crippen LogP contribution in [-0.4, -0.2) is 11.4 Å². The molecule has 0 aromatic heterocycles. The van der Waals surface area contributed by atoms with E-state index in [1.165, 1.54) is 17.3 Å². The summed E-state index contributed by atoms with van der Waals surface area (Å²) in [7, 11) is 0. The first-order chi connectivity index (χ1) is 16.3. The van der Waals surface area contributed by atoms with Gasteiger partial charge in [-0.15, -0.1) is 0 Å². The quantitative estimate of drug-likeness (QED) is 0.195. The van der Waals surface area contributed by atoms with Crippen molar-refractivity contribution < 1.29 is 9.53 Å². The molecule has 0 saturated carbocycles. The zero-order chi connectivity index (χ0) is 24.2. The lowest BCUT2D eigenvalue weighted by Gasteiger charge is -2.13. The number of rotatable bonds is 7. The number of benzene rings is 3. The van der Waals surface area contributed by atoms with Crippen molar-refractivity contribution >= 4 is 91.2 Å². The lowest BCUT2D eigenvalue weighted by atomic mass is 10.1. The number of thioether (sulfide) groups is 1. The molecule has 1 heterocycles. The molecule has 0 bridgehead atoms. The Hall–Kier alpha value is -1.39. The maximum atomic E-state index is 12.5. The smallest absolute Gasteiger partial charge is 0.260 e. The minimum absolute atomic E-state index is 0.100. The Morgan fingerprint density at radius 2 is 1.94 bits per heavy atom. The van der Waals surface area contributed by atoms with Gasteiger partial charge in [0.2, 0.25) is 0 Å². The molecule has 0 unspecified atom stereocenters. The van der Waals surface area contributed by atoms with Crippen molar-refractivity contribution in [2.75, 3.05) is 5.32 Å². The van der Waals surface area contributed by atoms with Crippen LogP contribution in [0.5, 0.6) is 5.75 Å². The highest BCUT2D eigenvalue weighted by Crippen LogP contribution is 2.36. The van der Waals surface area contributed by atoms with Crippen molar-refractivity contribution in [1.29, 1.82) is 0 Å². The van der Waals surface area contributed by atoms with Crippen LogP contribution in [0.1, 0.15) is 23.6 Å². The molecule has 2 N–H and O–H groups in total. The number of carbonyl (C=O) groups excluding carboxylic acids is 1. The molecule has 1 aliphatic heterocycles. The highest BCUT2D eigenvalue weighted by atomic mass is 127. The molecule has 176 valence electrons.